The first-order chi connectivity index (χ1) is 9.84. The first-order valence-corrected chi connectivity index (χ1v) is 6.81. The van der Waals surface area contributed by atoms with Crippen LogP contribution in [-0.2, 0) is 6.18 Å². The van der Waals surface area contributed by atoms with Gasteiger partial charge in [-0.3, -0.25) is 0 Å². The molecule has 1 unspecified atom stereocenters. The Morgan fingerprint density at radius 2 is 1.81 bits per heavy atom. The van der Waals surface area contributed by atoms with E-state index in [0.717, 1.165) is 6.07 Å². The summed E-state index contributed by atoms with van der Waals surface area (Å²) in [6.07, 6.45) is -5.88. The Balaban J connectivity index is 2.45. The number of hydrogen-bond donors (Lipinski definition) is 1. The maximum atomic E-state index is 13.0. The van der Waals surface area contributed by atoms with Crippen LogP contribution in [0, 0.1) is 0 Å². The number of rotatable bonds is 3. The number of alkyl halides is 3. The molecule has 6 heteroatoms. The number of halogens is 4. The SMILES string of the molecule is COc1ccc(C(O)c2ccccc2C(F)(F)F)cc1Br. The average molecular weight is 361 g/mol. The molecule has 0 heterocycles. The van der Waals surface area contributed by atoms with Crippen molar-refractivity contribution >= 4 is 15.9 Å². The molecule has 1 N–H and O–H groups in total. The largest absolute Gasteiger partial charge is 0.496 e. The molecule has 0 spiro atoms. The molecule has 2 nitrogen and oxygen atoms in total. The highest BCUT2D eigenvalue weighted by molar-refractivity contribution is 9.10. The summed E-state index contributed by atoms with van der Waals surface area (Å²) in [6, 6.07) is 9.63. The van der Waals surface area contributed by atoms with Gasteiger partial charge in [-0.15, -0.1) is 0 Å². The summed E-state index contributed by atoms with van der Waals surface area (Å²) in [4.78, 5) is 0. The van der Waals surface area contributed by atoms with Gasteiger partial charge >= 0.3 is 6.18 Å². The Kier molecular flexibility index (Phi) is 4.58. The lowest BCUT2D eigenvalue weighted by atomic mass is 9.96. The Morgan fingerprint density at radius 3 is 2.38 bits per heavy atom. The van der Waals surface area contributed by atoms with E-state index in [1.807, 2.05) is 0 Å². The van der Waals surface area contributed by atoms with Gasteiger partial charge in [0.05, 0.1) is 17.1 Å². The van der Waals surface area contributed by atoms with E-state index in [1.165, 1.54) is 37.4 Å². The lowest BCUT2D eigenvalue weighted by Crippen LogP contribution is -2.12. The van der Waals surface area contributed by atoms with Gasteiger partial charge in [0.15, 0.2) is 0 Å². The predicted molar refractivity (Wildman–Crippen MR) is 76.2 cm³/mol. The maximum absolute atomic E-state index is 13.0. The predicted octanol–water partition coefficient (Wildman–Crippen LogP) is 4.56. The molecule has 2 rings (SSSR count). The lowest BCUT2D eigenvalue weighted by Gasteiger charge is -2.18. The molecule has 0 amide bonds. The third-order valence-electron chi connectivity index (χ3n) is 3.05. The van der Waals surface area contributed by atoms with Crippen molar-refractivity contribution < 1.29 is 23.0 Å². The number of ether oxygens (including phenoxy) is 1. The smallest absolute Gasteiger partial charge is 0.416 e. The van der Waals surface area contributed by atoms with Crippen LogP contribution in [0.3, 0.4) is 0 Å². The van der Waals surface area contributed by atoms with Crippen LogP contribution in [-0.4, -0.2) is 12.2 Å². The molecule has 0 aliphatic heterocycles. The highest BCUT2D eigenvalue weighted by Gasteiger charge is 2.34. The first kappa shape index (κ1) is 15.9. The molecule has 1 atom stereocenters. The summed E-state index contributed by atoms with van der Waals surface area (Å²) in [5, 5.41) is 10.3. The van der Waals surface area contributed by atoms with E-state index >= 15 is 0 Å². The molecule has 112 valence electrons. The second kappa shape index (κ2) is 6.07. The molecule has 0 saturated heterocycles. The average Bonchev–Trinajstić information content (AvgIpc) is 2.45. The van der Waals surface area contributed by atoms with E-state index < -0.39 is 17.8 Å². The normalized spacial score (nSPS) is 13.0. The van der Waals surface area contributed by atoms with Gasteiger partial charge in [-0.1, -0.05) is 24.3 Å². The summed E-state index contributed by atoms with van der Waals surface area (Å²) in [5.74, 6) is 0.537. The standard InChI is InChI=1S/C15H12BrF3O2/c1-21-13-7-6-9(8-12(13)16)14(20)10-4-2-3-5-11(10)15(17,18)19/h2-8,14,20H,1H3. The third kappa shape index (κ3) is 3.39. The van der Waals surface area contributed by atoms with Crippen molar-refractivity contribution in [2.24, 2.45) is 0 Å². The topological polar surface area (TPSA) is 29.5 Å². The van der Waals surface area contributed by atoms with Gasteiger partial charge < -0.3 is 9.84 Å². The second-order valence-electron chi connectivity index (χ2n) is 4.38. The number of hydrogen-bond acceptors (Lipinski definition) is 2. The highest BCUT2D eigenvalue weighted by Crippen LogP contribution is 2.37. The molecule has 0 radical (unpaired) electrons. The number of methoxy groups -OCH3 is 1. The summed E-state index contributed by atoms with van der Waals surface area (Å²) in [5.41, 5.74) is -0.675. The third-order valence-corrected chi connectivity index (χ3v) is 3.67. The quantitative estimate of drug-likeness (QED) is 0.869. The lowest BCUT2D eigenvalue weighted by molar-refractivity contribution is -0.139. The molecular weight excluding hydrogens is 349 g/mol. The van der Waals surface area contributed by atoms with Gasteiger partial charge in [-0.05, 0) is 45.3 Å². The van der Waals surface area contributed by atoms with Crippen LogP contribution >= 0.6 is 15.9 Å². The maximum Gasteiger partial charge on any atom is 0.416 e. The van der Waals surface area contributed by atoms with Crippen LogP contribution in [0.5, 0.6) is 5.75 Å². The fourth-order valence-electron chi connectivity index (χ4n) is 2.03. The Morgan fingerprint density at radius 1 is 1.14 bits per heavy atom. The van der Waals surface area contributed by atoms with Gasteiger partial charge in [0.1, 0.15) is 11.9 Å². The number of aliphatic hydroxyl groups excluding tert-OH is 1. The highest BCUT2D eigenvalue weighted by atomic mass is 79.9. The van der Waals surface area contributed by atoms with Crippen molar-refractivity contribution in [3.8, 4) is 5.75 Å². The zero-order valence-electron chi connectivity index (χ0n) is 11.0. The van der Waals surface area contributed by atoms with E-state index in [1.54, 1.807) is 6.07 Å². The minimum atomic E-state index is -4.51. The molecule has 2 aromatic rings. The molecule has 21 heavy (non-hydrogen) atoms. The van der Waals surface area contributed by atoms with Crippen LogP contribution in [0.25, 0.3) is 0 Å². The number of aliphatic hydroxyl groups is 1. The van der Waals surface area contributed by atoms with Crippen LogP contribution in [0.4, 0.5) is 13.2 Å². The van der Waals surface area contributed by atoms with Gasteiger partial charge in [-0.25, -0.2) is 0 Å². The molecule has 2 aromatic carbocycles. The van der Waals surface area contributed by atoms with Gasteiger partial charge in [0.2, 0.25) is 0 Å². The van der Waals surface area contributed by atoms with Gasteiger partial charge in [0.25, 0.3) is 0 Å². The molecular formula is C15H12BrF3O2. The molecule has 0 aliphatic rings. The zero-order valence-corrected chi connectivity index (χ0v) is 12.6. The Bertz CT molecular complexity index is 641. The minimum Gasteiger partial charge on any atom is -0.496 e. The summed E-state index contributed by atoms with van der Waals surface area (Å²) < 4.78 is 44.6. The van der Waals surface area contributed by atoms with Crippen LogP contribution in [0.1, 0.15) is 22.8 Å². The van der Waals surface area contributed by atoms with E-state index in [9.17, 15) is 18.3 Å². The fourth-order valence-corrected chi connectivity index (χ4v) is 2.58. The fraction of sp³-hybridized carbons (Fsp3) is 0.200. The number of benzene rings is 2. The monoisotopic (exact) mass is 360 g/mol. The summed E-state index contributed by atoms with van der Waals surface area (Å²) in [6.45, 7) is 0. The summed E-state index contributed by atoms with van der Waals surface area (Å²) >= 11 is 3.25. The van der Waals surface area contributed by atoms with E-state index in [2.05, 4.69) is 15.9 Å². The zero-order chi connectivity index (χ0) is 15.6. The molecule has 0 aliphatic carbocycles. The molecule has 0 saturated carbocycles. The molecule has 0 bridgehead atoms. The van der Waals surface area contributed by atoms with Crippen LogP contribution < -0.4 is 4.74 Å². The Hall–Kier alpha value is -1.53. The van der Waals surface area contributed by atoms with Gasteiger partial charge in [0, 0.05) is 0 Å². The van der Waals surface area contributed by atoms with E-state index in [-0.39, 0.29) is 5.56 Å². The summed E-state index contributed by atoms with van der Waals surface area (Å²) in [7, 11) is 1.48. The van der Waals surface area contributed by atoms with Crippen molar-refractivity contribution in [3.63, 3.8) is 0 Å². The van der Waals surface area contributed by atoms with E-state index in [0.29, 0.717) is 15.8 Å². The molecule has 0 aromatic heterocycles. The minimum absolute atomic E-state index is 0.179. The van der Waals surface area contributed by atoms with E-state index in [4.69, 9.17) is 4.74 Å². The Labute approximate surface area is 128 Å². The van der Waals surface area contributed by atoms with Crippen molar-refractivity contribution in [1.29, 1.82) is 0 Å². The molecule has 0 fully saturated rings. The van der Waals surface area contributed by atoms with Gasteiger partial charge in [-0.2, -0.15) is 13.2 Å². The van der Waals surface area contributed by atoms with Crippen molar-refractivity contribution in [3.05, 3.63) is 63.6 Å². The van der Waals surface area contributed by atoms with Crippen molar-refractivity contribution in [1.82, 2.24) is 0 Å². The van der Waals surface area contributed by atoms with Crippen molar-refractivity contribution in [2.75, 3.05) is 7.11 Å². The van der Waals surface area contributed by atoms with Crippen molar-refractivity contribution in [2.45, 2.75) is 12.3 Å². The second-order valence-corrected chi connectivity index (χ2v) is 5.24. The first-order valence-electron chi connectivity index (χ1n) is 6.02. The van der Waals surface area contributed by atoms with Crippen LogP contribution in [0.2, 0.25) is 0 Å². The van der Waals surface area contributed by atoms with Crippen LogP contribution in [0.15, 0.2) is 46.9 Å².